The van der Waals surface area contributed by atoms with E-state index in [-0.39, 0.29) is 0 Å². The minimum atomic E-state index is 0.388. The predicted octanol–water partition coefficient (Wildman–Crippen LogP) is 4.36. The van der Waals surface area contributed by atoms with Gasteiger partial charge in [0.1, 0.15) is 5.75 Å². The number of benzene rings is 2. The fourth-order valence-corrected chi connectivity index (χ4v) is 3.45. The predicted molar refractivity (Wildman–Crippen MR) is 125 cm³/mol. The number of hydrogen-bond acceptors (Lipinski definition) is 7. The minimum Gasteiger partial charge on any atom is -0.496 e. The topological polar surface area (TPSA) is 76.9 Å². The Morgan fingerprint density at radius 2 is 1.61 bits per heavy atom. The Labute approximate surface area is 187 Å². The summed E-state index contributed by atoms with van der Waals surface area (Å²) in [5.41, 5.74) is 2.78. The lowest BCUT2D eigenvalue weighted by atomic mass is 10.2. The van der Waals surface area contributed by atoms with E-state index in [2.05, 4.69) is 46.2 Å². The van der Waals surface area contributed by atoms with Crippen LogP contribution < -0.4 is 19.1 Å². The molecule has 2 aromatic carbocycles. The normalized spacial score (nSPS) is 11.0. The van der Waals surface area contributed by atoms with Crippen LogP contribution in [0.15, 0.2) is 41.5 Å². The SMILES string of the molecule is CCN(CC)c1ccc(-c2n[nH]c(=S)n2N=Cc2cc(OC)c(OC)cc2OC)cc1. The zero-order chi connectivity index (χ0) is 22.4. The molecule has 0 unspecified atom stereocenters. The van der Waals surface area contributed by atoms with Gasteiger partial charge in [-0.05, 0) is 56.4 Å². The van der Waals surface area contributed by atoms with Gasteiger partial charge in [0.2, 0.25) is 4.77 Å². The van der Waals surface area contributed by atoms with Crippen molar-refractivity contribution in [2.45, 2.75) is 13.8 Å². The third-order valence-corrected chi connectivity index (χ3v) is 5.22. The first kappa shape index (κ1) is 22.4. The van der Waals surface area contributed by atoms with E-state index < -0.39 is 0 Å². The van der Waals surface area contributed by atoms with Crippen LogP contribution >= 0.6 is 12.2 Å². The van der Waals surface area contributed by atoms with Crippen molar-refractivity contribution in [3.63, 3.8) is 0 Å². The number of H-pyrrole nitrogens is 1. The first-order chi connectivity index (χ1) is 15.1. The largest absolute Gasteiger partial charge is 0.496 e. The molecule has 0 bridgehead atoms. The standard InChI is InChI=1S/C22H27N5O3S/c1-6-26(7-2)17-10-8-15(9-11-17)21-24-25-22(31)27(21)23-14-16-12-19(29-4)20(30-5)13-18(16)28-3/h8-14H,6-7H2,1-5H3,(H,25,31). The summed E-state index contributed by atoms with van der Waals surface area (Å²) >= 11 is 5.39. The van der Waals surface area contributed by atoms with Crippen LogP contribution in [-0.4, -0.2) is 55.5 Å². The first-order valence-corrected chi connectivity index (χ1v) is 10.3. The molecule has 0 aliphatic heterocycles. The zero-order valence-electron chi connectivity index (χ0n) is 18.4. The molecule has 0 saturated carbocycles. The van der Waals surface area contributed by atoms with Crippen molar-refractivity contribution in [3.8, 4) is 28.6 Å². The van der Waals surface area contributed by atoms with Crippen molar-refractivity contribution in [2.24, 2.45) is 5.10 Å². The van der Waals surface area contributed by atoms with Gasteiger partial charge in [-0.3, -0.25) is 0 Å². The maximum absolute atomic E-state index is 5.47. The maximum atomic E-state index is 5.47. The van der Waals surface area contributed by atoms with Crippen LogP contribution in [0.4, 0.5) is 5.69 Å². The summed E-state index contributed by atoms with van der Waals surface area (Å²) < 4.78 is 18.2. The second-order valence-electron chi connectivity index (χ2n) is 6.58. The van der Waals surface area contributed by atoms with E-state index in [4.69, 9.17) is 26.4 Å². The van der Waals surface area contributed by atoms with E-state index in [1.165, 1.54) is 0 Å². The molecule has 0 atom stereocenters. The lowest BCUT2D eigenvalue weighted by Gasteiger charge is -2.21. The Bertz CT molecular complexity index is 1100. The highest BCUT2D eigenvalue weighted by Crippen LogP contribution is 2.34. The molecule has 8 nitrogen and oxygen atoms in total. The molecule has 0 amide bonds. The lowest BCUT2D eigenvalue weighted by molar-refractivity contribution is 0.349. The highest BCUT2D eigenvalue weighted by Gasteiger charge is 2.12. The molecule has 3 aromatic rings. The average Bonchev–Trinajstić information content (AvgIpc) is 3.18. The third-order valence-electron chi connectivity index (χ3n) is 4.95. The summed E-state index contributed by atoms with van der Waals surface area (Å²) in [4.78, 5) is 2.28. The quantitative estimate of drug-likeness (QED) is 0.393. The van der Waals surface area contributed by atoms with E-state index >= 15 is 0 Å². The number of anilines is 1. The Hall–Kier alpha value is -3.33. The monoisotopic (exact) mass is 441 g/mol. The number of aromatic nitrogens is 3. The van der Waals surface area contributed by atoms with Crippen LogP contribution in [0.25, 0.3) is 11.4 Å². The van der Waals surface area contributed by atoms with Gasteiger partial charge in [-0.1, -0.05) is 0 Å². The van der Waals surface area contributed by atoms with Crippen molar-refractivity contribution < 1.29 is 14.2 Å². The highest BCUT2D eigenvalue weighted by atomic mass is 32.1. The van der Waals surface area contributed by atoms with Crippen molar-refractivity contribution in [2.75, 3.05) is 39.3 Å². The lowest BCUT2D eigenvalue weighted by Crippen LogP contribution is -2.21. The second-order valence-corrected chi connectivity index (χ2v) is 6.96. The van der Waals surface area contributed by atoms with Crippen molar-refractivity contribution >= 4 is 24.1 Å². The van der Waals surface area contributed by atoms with Crippen LogP contribution in [0.1, 0.15) is 19.4 Å². The van der Waals surface area contributed by atoms with Gasteiger partial charge in [-0.15, -0.1) is 0 Å². The summed E-state index contributed by atoms with van der Waals surface area (Å²) in [5, 5.41) is 11.7. The molecule has 164 valence electrons. The summed E-state index contributed by atoms with van der Waals surface area (Å²) in [6, 6.07) is 11.7. The third kappa shape index (κ3) is 4.72. The molecule has 0 saturated heterocycles. The highest BCUT2D eigenvalue weighted by molar-refractivity contribution is 7.71. The number of ether oxygens (including phenoxy) is 3. The Morgan fingerprint density at radius 1 is 1.00 bits per heavy atom. The maximum Gasteiger partial charge on any atom is 0.216 e. The smallest absolute Gasteiger partial charge is 0.216 e. The molecule has 31 heavy (non-hydrogen) atoms. The van der Waals surface area contributed by atoms with Crippen LogP contribution in [0, 0.1) is 4.77 Å². The fraction of sp³-hybridized carbons (Fsp3) is 0.318. The minimum absolute atomic E-state index is 0.388. The summed E-state index contributed by atoms with van der Waals surface area (Å²) in [6.07, 6.45) is 1.65. The summed E-state index contributed by atoms with van der Waals surface area (Å²) in [5.74, 6) is 2.37. The number of nitrogens with one attached hydrogen (secondary N) is 1. The van der Waals surface area contributed by atoms with E-state index in [1.54, 1.807) is 44.4 Å². The molecule has 3 rings (SSSR count). The first-order valence-electron chi connectivity index (χ1n) is 9.93. The van der Waals surface area contributed by atoms with Crippen LogP contribution in [0.5, 0.6) is 17.2 Å². The zero-order valence-corrected chi connectivity index (χ0v) is 19.2. The molecule has 0 radical (unpaired) electrons. The molecule has 9 heteroatoms. The average molecular weight is 442 g/mol. The van der Waals surface area contributed by atoms with Crippen LogP contribution in [-0.2, 0) is 0 Å². The Balaban J connectivity index is 1.97. The van der Waals surface area contributed by atoms with Crippen molar-refractivity contribution in [1.82, 2.24) is 14.9 Å². The van der Waals surface area contributed by atoms with E-state index in [0.29, 0.717) is 33.4 Å². The molecule has 0 aliphatic carbocycles. The molecule has 1 aromatic heterocycles. The van der Waals surface area contributed by atoms with Gasteiger partial charge in [0.05, 0.1) is 27.5 Å². The second kappa shape index (κ2) is 10.1. The van der Waals surface area contributed by atoms with Gasteiger partial charge >= 0.3 is 0 Å². The molecule has 0 spiro atoms. The van der Waals surface area contributed by atoms with E-state index in [1.807, 2.05) is 12.1 Å². The van der Waals surface area contributed by atoms with Gasteiger partial charge in [0.15, 0.2) is 17.3 Å². The molecule has 1 heterocycles. The fourth-order valence-electron chi connectivity index (χ4n) is 3.27. The van der Waals surface area contributed by atoms with Gasteiger partial charge in [0.25, 0.3) is 0 Å². The van der Waals surface area contributed by atoms with Gasteiger partial charge in [0, 0.05) is 36.0 Å². The molecular formula is C22H27N5O3S. The van der Waals surface area contributed by atoms with Crippen LogP contribution in [0.2, 0.25) is 0 Å². The number of hydrogen-bond donors (Lipinski definition) is 1. The molecule has 0 fully saturated rings. The Morgan fingerprint density at radius 3 is 2.19 bits per heavy atom. The number of nitrogens with zero attached hydrogens (tertiary/aromatic N) is 4. The van der Waals surface area contributed by atoms with Gasteiger partial charge < -0.3 is 19.1 Å². The van der Waals surface area contributed by atoms with Gasteiger partial charge in [-0.2, -0.15) is 14.9 Å². The van der Waals surface area contributed by atoms with E-state index in [0.717, 1.165) is 24.3 Å². The van der Waals surface area contributed by atoms with E-state index in [9.17, 15) is 0 Å². The Kier molecular flexibility index (Phi) is 7.30. The molecule has 1 N–H and O–H groups in total. The number of methoxy groups -OCH3 is 3. The summed E-state index contributed by atoms with van der Waals surface area (Å²) in [6.45, 7) is 6.18. The van der Waals surface area contributed by atoms with Crippen LogP contribution in [0.3, 0.4) is 0 Å². The van der Waals surface area contributed by atoms with Crippen molar-refractivity contribution in [3.05, 3.63) is 46.7 Å². The molecular weight excluding hydrogens is 414 g/mol. The number of aromatic amines is 1. The molecule has 0 aliphatic rings. The van der Waals surface area contributed by atoms with Gasteiger partial charge in [-0.25, -0.2) is 5.10 Å². The number of rotatable bonds is 9. The summed E-state index contributed by atoms with van der Waals surface area (Å²) in [7, 11) is 4.75. The van der Waals surface area contributed by atoms with Crippen molar-refractivity contribution in [1.29, 1.82) is 0 Å².